The molecule has 0 radical (unpaired) electrons. The predicted octanol–water partition coefficient (Wildman–Crippen LogP) is 1.61. The molecule has 3 rings (SSSR count). The Bertz CT molecular complexity index is 696. The second-order valence-electron chi connectivity index (χ2n) is 5.67. The number of nitrogens with one attached hydrogen (secondary N) is 1. The zero-order valence-corrected chi connectivity index (χ0v) is 13.1. The van der Waals surface area contributed by atoms with E-state index in [-0.39, 0.29) is 17.9 Å². The number of hydrogen-bond donors (Lipinski definition) is 1. The van der Waals surface area contributed by atoms with Crippen LogP contribution in [-0.4, -0.2) is 45.4 Å². The number of hydrogen-bond acceptors (Lipinski definition) is 3. The van der Waals surface area contributed by atoms with Gasteiger partial charge in [0.2, 0.25) is 5.91 Å². The fourth-order valence-corrected chi connectivity index (χ4v) is 2.82. The third kappa shape index (κ3) is 3.41. The summed E-state index contributed by atoms with van der Waals surface area (Å²) in [6.45, 7) is 3.17. The normalized spacial score (nSPS) is 17.3. The van der Waals surface area contributed by atoms with Gasteiger partial charge in [0.25, 0.3) is 5.91 Å². The summed E-state index contributed by atoms with van der Waals surface area (Å²) in [7, 11) is 0. The molecule has 0 bridgehead atoms. The Balaban J connectivity index is 1.65. The maximum atomic E-state index is 12.4. The largest absolute Gasteiger partial charge is 0.347 e. The van der Waals surface area contributed by atoms with E-state index >= 15 is 0 Å². The lowest BCUT2D eigenvalue weighted by Crippen LogP contribution is -2.38. The van der Waals surface area contributed by atoms with Crippen molar-refractivity contribution in [2.75, 3.05) is 13.1 Å². The summed E-state index contributed by atoms with van der Waals surface area (Å²) in [6.07, 6.45) is 6.54. The van der Waals surface area contributed by atoms with Gasteiger partial charge in [-0.25, -0.2) is 4.98 Å². The number of imidazole rings is 1. The van der Waals surface area contributed by atoms with Gasteiger partial charge in [-0.2, -0.15) is 0 Å². The van der Waals surface area contributed by atoms with Crippen molar-refractivity contribution in [3.63, 3.8) is 0 Å². The van der Waals surface area contributed by atoms with E-state index in [1.54, 1.807) is 18.6 Å². The van der Waals surface area contributed by atoms with Crippen molar-refractivity contribution < 1.29 is 9.59 Å². The molecule has 1 aromatic carbocycles. The third-order valence-electron chi connectivity index (χ3n) is 4.09. The van der Waals surface area contributed by atoms with Crippen LogP contribution >= 0.6 is 0 Å². The Morgan fingerprint density at radius 3 is 3.00 bits per heavy atom. The highest BCUT2D eigenvalue weighted by atomic mass is 16.2. The molecule has 1 N–H and O–H groups in total. The van der Waals surface area contributed by atoms with E-state index in [1.807, 2.05) is 40.8 Å². The van der Waals surface area contributed by atoms with Crippen molar-refractivity contribution in [3.8, 4) is 5.69 Å². The lowest BCUT2D eigenvalue weighted by atomic mass is 10.1. The van der Waals surface area contributed by atoms with Gasteiger partial charge in [0.05, 0.1) is 6.33 Å². The molecule has 2 aromatic rings. The number of amides is 2. The fourth-order valence-electron chi connectivity index (χ4n) is 2.82. The fraction of sp³-hybridized carbons (Fsp3) is 0.353. The number of aromatic nitrogens is 2. The molecule has 1 aliphatic rings. The van der Waals surface area contributed by atoms with Gasteiger partial charge in [-0.3, -0.25) is 9.59 Å². The zero-order chi connectivity index (χ0) is 16.2. The van der Waals surface area contributed by atoms with Crippen molar-refractivity contribution in [1.82, 2.24) is 19.8 Å². The van der Waals surface area contributed by atoms with Crippen LogP contribution in [-0.2, 0) is 4.79 Å². The number of rotatable bonds is 4. The van der Waals surface area contributed by atoms with Crippen molar-refractivity contribution in [1.29, 1.82) is 0 Å². The van der Waals surface area contributed by atoms with E-state index in [0.29, 0.717) is 25.1 Å². The molecule has 6 heteroatoms. The minimum absolute atomic E-state index is 0.0231. The Morgan fingerprint density at radius 1 is 1.39 bits per heavy atom. The van der Waals surface area contributed by atoms with Gasteiger partial charge in [-0.1, -0.05) is 13.0 Å². The van der Waals surface area contributed by atoms with E-state index in [0.717, 1.165) is 12.1 Å². The van der Waals surface area contributed by atoms with Crippen LogP contribution in [0.2, 0.25) is 0 Å². The standard InChI is InChI=1S/C17H20N4O2/c1-2-16(22)20-8-6-14(11-20)19-17(23)13-4-3-5-15(10-13)21-9-7-18-12-21/h3-5,7,9-10,12,14H,2,6,8,11H2,1H3,(H,19,23)/t14-/m1/s1. The van der Waals surface area contributed by atoms with Crippen LogP contribution in [0.25, 0.3) is 5.69 Å². The summed E-state index contributed by atoms with van der Waals surface area (Å²) < 4.78 is 1.86. The quantitative estimate of drug-likeness (QED) is 0.933. The molecule has 1 atom stereocenters. The molecule has 0 spiro atoms. The van der Waals surface area contributed by atoms with E-state index in [4.69, 9.17) is 0 Å². The van der Waals surface area contributed by atoms with Gasteiger partial charge in [-0.05, 0) is 24.6 Å². The average molecular weight is 312 g/mol. The van der Waals surface area contributed by atoms with Crippen LogP contribution in [0.15, 0.2) is 43.0 Å². The Kier molecular flexibility index (Phi) is 4.41. The van der Waals surface area contributed by atoms with Gasteiger partial charge in [0.15, 0.2) is 0 Å². The van der Waals surface area contributed by atoms with Crippen molar-refractivity contribution >= 4 is 11.8 Å². The van der Waals surface area contributed by atoms with Crippen LogP contribution in [0.3, 0.4) is 0 Å². The van der Waals surface area contributed by atoms with Crippen LogP contribution in [0.4, 0.5) is 0 Å². The van der Waals surface area contributed by atoms with Gasteiger partial charge in [0.1, 0.15) is 0 Å². The maximum absolute atomic E-state index is 12.4. The van der Waals surface area contributed by atoms with E-state index in [2.05, 4.69) is 10.3 Å². The minimum atomic E-state index is -0.109. The molecule has 1 aliphatic heterocycles. The smallest absolute Gasteiger partial charge is 0.251 e. The summed E-state index contributed by atoms with van der Waals surface area (Å²) in [5.41, 5.74) is 1.50. The number of nitrogens with zero attached hydrogens (tertiary/aromatic N) is 3. The van der Waals surface area contributed by atoms with Gasteiger partial charge >= 0.3 is 0 Å². The van der Waals surface area contributed by atoms with Crippen molar-refractivity contribution in [3.05, 3.63) is 48.5 Å². The summed E-state index contributed by atoms with van der Waals surface area (Å²) in [5, 5.41) is 3.02. The number of benzene rings is 1. The van der Waals surface area contributed by atoms with E-state index in [9.17, 15) is 9.59 Å². The second kappa shape index (κ2) is 6.64. The highest BCUT2D eigenvalue weighted by Gasteiger charge is 2.26. The summed E-state index contributed by atoms with van der Waals surface area (Å²) in [4.78, 5) is 30.0. The zero-order valence-electron chi connectivity index (χ0n) is 13.1. The molecule has 0 saturated carbocycles. The van der Waals surface area contributed by atoms with Crippen LogP contribution < -0.4 is 5.32 Å². The van der Waals surface area contributed by atoms with Crippen LogP contribution in [0.1, 0.15) is 30.1 Å². The summed E-state index contributed by atoms with van der Waals surface area (Å²) >= 11 is 0. The van der Waals surface area contributed by atoms with E-state index in [1.165, 1.54) is 0 Å². The van der Waals surface area contributed by atoms with Crippen LogP contribution in [0, 0.1) is 0 Å². The minimum Gasteiger partial charge on any atom is -0.347 e. The Morgan fingerprint density at radius 2 is 2.26 bits per heavy atom. The first kappa shape index (κ1) is 15.3. The number of carbonyl (C=O) groups excluding carboxylic acids is 2. The highest BCUT2D eigenvalue weighted by Crippen LogP contribution is 2.13. The molecule has 0 unspecified atom stereocenters. The first-order valence-corrected chi connectivity index (χ1v) is 7.84. The van der Waals surface area contributed by atoms with Gasteiger partial charge in [0, 0.05) is 49.2 Å². The molecule has 1 saturated heterocycles. The molecular weight excluding hydrogens is 292 g/mol. The third-order valence-corrected chi connectivity index (χ3v) is 4.09. The van der Waals surface area contributed by atoms with Crippen LogP contribution in [0.5, 0.6) is 0 Å². The predicted molar refractivity (Wildman–Crippen MR) is 86.3 cm³/mol. The summed E-state index contributed by atoms with van der Waals surface area (Å²) in [5.74, 6) is 0.0339. The first-order valence-electron chi connectivity index (χ1n) is 7.84. The molecule has 2 heterocycles. The van der Waals surface area contributed by atoms with Gasteiger partial charge in [-0.15, -0.1) is 0 Å². The second-order valence-corrected chi connectivity index (χ2v) is 5.67. The lowest BCUT2D eigenvalue weighted by molar-refractivity contribution is -0.129. The molecule has 120 valence electrons. The highest BCUT2D eigenvalue weighted by molar-refractivity contribution is 5.95. The maximum Gasteiger partial charge on any atom is 0.251 e. The first-order chi connectivity index (χ1) is 11.2. The summed E-state index contributed by atoms with van der Waals surface area (Å²) in [6, 6.07) is 7.43. The van der Waals surface area contributed by atoms with Crippen molar-refractivity contribution in [2.45, 2.75) is 25.8 Å². The topological polar surface area (TPSA) is 67.2 Å². The van der Waals surface area contributed by atoms with E-state index < -0.39 is 0 Å². The molecule has 1 fully saturated rings. The number of carbonyl (C=O) groups is 2. The molecule has 1 aromatic heterocycles. The SMILES string of the molecule is CCC(=O)N1CC[C@@H](NC(=O)c2cccc(-n3ccnc3)c2)C1. The average Bonchev–Trinajstić information content (AvgIpc) is 3.26. The monoisotopic (exact) mass is 312 g/mol. The molecular formula is C17H20N4O2. The molecule has 6 nitrogen and oxygen atoms in total. The van der Waals surface area contributed by atoms with Gasteiger partial charge < -0.3 is 14.8 Å². The number of likely N-dealkylation sites (tertiary alicyclic amines) is 1. The molecule has 0 aliphatic carbocycles. The molecule has 2 amide bonds. The Labute approximate surface area is 135 Å². The Hall–Kier alpha value is -2.63. The molecule has 23 heavy (non-hydrogen) atoms. The lowest BCUT2D eigenvalue weighted by Gasteiger charge is -2.16. The van der Waals surface area contributed by atoms with Crippen molar-refractivity contribution in [2.24, 2.45) is 0 Å².